The van der Waals surface area contributed by atoms with Gasteiger partial charge in [-0.25, -0.2) is 4.79 Å². The fourth-order valence-corrected chi connectivity index (χ4v) is 3.01. The molecule has 1 heterocycles. The first-order valence-electron chi connectivity index (χ1n) is 8.35. The highest BCUT2D eigenvalue weighted by Gasteiger charge is 2.16. The number of anilines is 2. The Kier molecular flexibility index (Phi) is 5.79. The standard InChI is InChI=1S/C19H22ClN3O2/c1-14-4-2-3-5-15(14)13-21-19(24)22-17-12-16(20)6-7-18(17)23-8-10-25-11-9-23/h2-7,12H,8-11,13H2,1H3,(H2,21,22,24). The molecule has 1 aliphatic heterocycles. The fourth-order valence-electron chi connectivity index (χ4n) is 2.84. The minimum Gasteiger partial charge on any atom is -0.378 e. The number of rotatable bonds is 4. The SMILES string of the molecule is Cc1ccccc1CNC(=O)Nc1cc(Cl)ccc1N1CCOCC1. The summed E-state index contributed by atoms with van der Waals surface area (Å²) < 4.78 is 5.40. The van der Waals surface area contributed by atoms with Crippen LogP contribution in [0.25, 0.3) is 0 Å². The van der Waals surface area contributed by atoms with Crippen LogP contribution in [0.5, 0.6) is 0 Å². The molecule has 1 fully saturated rings. The molecule has 2 amide bonds. The smallest absolute Gasteiger partial charge is 0.319 e. The van der Waals surface area contributed by atoms with Gasteiger partial charge in [0, 0.05) is 24.7 Å². The van der Waals surface area contributed by atoms with Gasteiger partial charge in [-0.3, -0.25) is 0 Å². The summed E-state index contributed by atoms with van der Waals surface area (Å²) in [7, 11) is 0. The van der Waals surface area contributed by atoms with Crippen LogP contribution in [0.15, 0.2) is 42.5 Å². The maximum atomic E-state index is 12.3. The van der Waals surface area contributed by atoms with Gasteiger partial charge >= 0.3 is 6.03 Å². The summed E-state index contributed by atoms with van der Waals surface area (Å²) in [6, 6.07) is 13.3. The zero-order valence-electron chi connectivity index (χ0n) is 14.2. The lowest BCUT2D eigenvalue weighted by Gasteiger charge is -2.30. The summed E-state index contributed by atoms with van der Waals surface area (Å²) in [5.74, 6) is 0. The van der Waals surface area contributed by atoms with E-state index in [1.165, 1.54) is 0 Å². The third kappa shape index (κ3) is 4.65. The largest absolute Gasteiger partial charge is 0.378 e. The number of aryl methyl sites for hydroxylation is 1. The Balaban J connectivity index is 1.68. The predicted molar refractivity (Wildman–Crippen MR) is 102 cm³/mol. The van der Waals surface area contributed by atoms with Crippen LogP contribution in [-0.4, -0.2) is 32.3 Å². The molecule has 0 aromatic heterocycles. The van der Waals surface area contributed by atoms with Crippen LogP contribution in [-0.2, 0) is 11.3 Å². The Morgan fingerprint density at radius 3 is 2.72 bits per heavy atom. The molecule has 0 aliphatic carbocycles. The lowest BCUT2D eigenvalue weighted by molar-refractivity contribution is 0.123. The number of urea groups is 1. The number of nitrogens with zero attached hydrogens (tertiary/aromatic N) is 1. The minimum atomic E-state index is -0.250. The van der Waals surface area contributed by atoms with Crippen LogP contribution < -0.4 is 15.5 Å². The first-order valence-corrected chi connectivity index (χ1v) is 8.73. The number of nitrogens with one attached hydrogen (secondary N) is 2. The molecular formula is C19H22ClN3O2. The van der Waals surface area contributed by atoms with E-state index in [4.69, 9.17) is 16.3 Å². The van der Waals surface area contributed by atoms with Crippen molar-refractivity contribution in [2.24, 2.45) is 0 Å². The Labute approximate surface area is 152 Å². The number of halogens is 1. The molecule has 5 nitrogen and oxygen atoms in total. The van der Waals surface area contributed by atoms with E-state index >= 15 is 0 Å². The Morgan fingerprint density at radius 2 is 1.96 bits per heavy atom. The maximum Gasteiger partial charge on any atom is 0.319 e. The van der Waals surface area contributed by atoms with Crippen LogP contribution in [0.2, 0.25) is 5.02 Å². The third-order valence-electron chi connectivity index (χ3n) is 4.26. The first-order chi connectivity index (χ1) is 12.1. The van der Waals surface area contributed by atoms with Gasteiger partial charge in [0.2, 0.25) is 0 Å². The first kappa shape index (κ1) is 17.6. The summed E-state index contributed by atoms with van der Waals surface area (Å²) in [4.78, 5) is 14.5. The van der Waals surface area contributed by atoms with Crippen LogP contribution >= 0.6 is 11.6 Å². The number of carbonyl (C=O) groups excluding carboxylic acids is 1. The van der Waals surface area contributed by atoms with Crippen molar-refractivity contribution in [3.63, 3.8) is 0 Å². The maximum absolute atomic E-state index is 12.3. The molecule has 1 saturated heterocycles. The summed E-state index contributed by atoms with van der Waals surface area (Å²) in [6.07, 6.45) is 0. The molecule has 0 atom stereocenters. The van der Waals surface area contributed by atoms with Crippen molar-refractivity contribution in [2.75, 3.05) is 36.5 Å². The molecule has 0 unspecified atom stereocenters. The quantitative estimate of drug-likeness (QED) is 0.872. The zero-order chi connectivity index (χ0) is 17.6. The number of amides is 2. The average molecular weight is 360 g/mol. The zero-order valence-corrected chi connectivity index (χ0v) is 15.0. The van der Waals surface area contributed by atoms with Crippen LogP contribution in [0.3, 0.4) is 0 Å². The molecule has 1 aliphatic rings. The topological polar surface area (TPSA) is 53.6 Å². The average Bonchev–Trinajstić information content (AvgIpc) is 2.62. The third-order valence-corrected chi connectivity index (χ3v) is 4.49. The van der Waals surface area contributed by atoms with Crippen molar-refractivity contribution in [2.45, 2.75) is 13.5 Å². The van der Waals surface area contributed by atoms with Crippen molar-refractivity contribution in [1.82, 2.24) is 5.32 Å². The van der Waals surface area contributed by atoms with Gasteiger partial charge in [-0.15, -0.1) is 0 Å². The van der Waals surface area contributed by atoms with Gasteiger partial charge in [-0.2, -0.15) is 0 Å². The van der Waals surface area contributed by atoms with Crippen molar-refractivity contribution in [1.29, 1.82) is 0 Å². The normalized spacial score (nSPS) is 14.2. The number of benzene rings is 2. The lowest BCUT2D eigenvalue weighted by Crippen LogP contribution is -2.37. The van der Waals surface area contributed by atoms with Crippen molar-refractivity contribution in [3.05, 3.63) is 58.6 Å². The lowest BCUT2D eigenvalue weighted by atomic mass is 10.1. The van der Waals surface area contributed by atoms with E-state index in [-0.39, 0.29) is 6.03 Å². The second-order valence-electron chi connectivity index (χ2n) is 6.00. The number of ether oxygens (including phenoxy) is 1. The number of carbonyl (C=O) groups is 1. The molecule has 6 heteroatoms. The van der Waals surface area contributed by atoms with Crippen molar-refractivity contribution >= 4 is 29.0 Å². The van der Waals surface area contributed by atoms with E-state index in [9.17, 15) is 4.79 Å². The van der Waals surface area contributed by atoms with E-state index in [0.717, 1.165) is 29.9 Å². The summed E-state index contributed by atoms with van der Waals surface area (Å²) in [5, 5.41) is 6.41. The number of hydrogen-bond acceptors (Lipinski definition) is 3. The van der Waals surface area contributed by atoms with Crippen molar-refractivity contribution < 1.29 is 9.53 Å². The van der Waals surface area contributed by atoms with E-state index in [2.05, 4.69) is 15.5 Å². The van der Waals surface area contributed by atoms with E-state index < -0.39 is 0 Å². The van der Waals surface area contributed by atoms with Gasteiger partial charge < -0.3 is 20.3 Å². The highest BCUT2D eigenvalue weighted by atomic mass is 35.5. The monoisotopic (exact) mass is 359 g/mol. The Hall–Kier alpha value is -2.24. The highest BCUT2D eigenvalue weighted by Crippen LogP contribution is 2.29. The second-order valence-corrected chi connectivity index (χ2v) is 6.43. The molecule has 132 valence electrons. The van der Waals surface area contributed by atoms with E-state index in [1.807, 2.05) is 43.3 Å². The highest BCUT2D eigenvalue weighted by molar-refractivity contribution is 6.31. The van der Waals surface area contributed by atoms with Gasteiger partial charge in [-0.1, -0.05) is 35.9 Å². The molecule has 0 radical (unpaired) electrons. The Morgan fingerprint density at radius 1 is 1.20 bits per heavy atom. The predicted octanol–water partition coefficient (Wildman–Crippen LogP) is 3.81. The minimum absolute atomic E-state index is 0.250. The van der Waals surface area contributed by atoms with E-state index in [0.29, 0.717) is 30.5 Å². The van der Waals surface area contributed by atoms with Gasteiger partial charge in [0.25, 0.3) is 0 Å². The molecule has 2 N–H and O–H groups in total. The fraction of sp³-hybridized carbons (Fsp3) is 0.316. The number of morpholine rings is 1. The van der Waals surface area contributed by atoms with Crippen LogP contribution in [0.1, 0.15) is 11.1 Å². The molecule has 3 rings (SSSR count). The van der Waals surface area contributed by atoms with Gasteiger partial charge in [-0.05, 0) is 36.2 Å². The van der Waals surface area contributed by atoms with Gasteiger partial charge in [0.15, 0.2) is 0 Å². The van der Waals surface area contributed by atoms with Crippen LogP contribution in [0.4, 0.5) is 16.2 Å². The van der Waals surface area contributed by atoms with Crippen LogP contribution in [0, 0.1) is 6.92 Å². The van der Waals surface area contributed by atoms with E-state index in [1.54, 1.807) is 6.07 Å². The molecule has 0 saturated carbocycles. The summed E-state index contributed by atoms with van der Waals surface area (Å²) in [5.41, 5.74) is 3.91. The molecule has 2 aromatic rings. The van der Waals surface area contributed by atoms with Gasteiger partial charge in [0.05, 0.1) is 24.6 Å². The molecule has 0 bridgehead atoms. The Bertz CT molecular complexity index is 745. The molecular weight excluding hydrogens is 338 g/mol. The second kappa shape index (κ2) is 8.23. The van der Waals surface area contributed by atoms with Gasteiger partial charge in [0.1, 0.15) is 0 Å². The van der Waals surface area contributed by atoms with Crippen molar-refractivity contribution in [3.8, 4) is 0 Å². The number of hydrogen-bond donors (Lipinski definition) is 2. The molecule has 2 aromatic carbocycles. The summed E-state index contributed by atoms with van der Waals surface area (Å²) in [6.45, 7) is 5.46. The summed E-state index contributed by atoms with van der Waals surface area (Å²) >= 11 is 6.12. The molecule has 25 heavy (non-hydrogen) atoms. The molecule has 0 spiro atoms.